The van der Waals surface area contributed by atoms with Gasteiger partial charge in [0.2, 0.25) is 0 Å². The molecule has 1 atom stereocenters. The monoisotopic (exact) mass is 425 g/mol. The predicted molar refractivity (Wildman–Crippen MR) is 80.7 cm³/mol. The molecule has 1 amide bonds. The van der Waals surface area contributed by atoms with Gasteiger partial charge < -0.3 is 10.4 Å². The number of carboxylic acids is 1. The molecule has 6 heteroatoms. The van der Waals surface area contributed by atoms with Crippen molar-refractivity contribution in [3.63, 3.8) is 0 Å². The van der Waals surface area contributed by atoms with E-state index in [1.165, 1.54) is 0 Å². The van der Waals surface area contributed by atoms with Crippen molar-refractivity contribution in [1.82, 2.24) is 5.32 Å². The molecule has 0 spiro atoms. The molecule has 4 nitrogen and oxygen atoms in total. The van der Waals surface area contributed by atoms with Gasteiger partial charge in [-0.1, -0.05) is 29.3 Å². The van der Waals surface area contributed by atoms with Crippen molar-refractivity contribution in [1.29, 1.82) is 0 Å². The second-order valence-electron chi connectivity index (χ2n) is 3.78. The number of halogens is 2. The maximum Gasteiger partial charge on any atom is 0.326 e. The van der Waals surface area contributed by atoms with E-state index in [-0.39, 0.29) is 5.91 Å². The Bertz CT molecular complexity index is 465. The van der Waals surface area contributed by atoms with Crippen LogP contribution in [0.5, 0.6) is 0 Å². The Hall–Kier alpha value is -0.630. The van der Waals surface area contributed by atoms with Gasteiger partial charge in [-0.2, -0.15) is 0 Å². The zero-order chi connectivity index (χ0) is 13.7. The molecule has 0 aliphatic carbocycles. The van der Waals surface area contributed by atoms with Crippen LogP contribution >= 0.6 is 38.5 Å². The highest BCUT2D eigenvalue weighted by molar-refractivity contribution is 14.1. The van der Waals surface area contributed by atoms with Crippen LogP contribution in [-0.4, -0.2) is 23.0 Å². The Morgan fingerprint density at radius 1 is 1.50 bits per heavy atom. The van der Waals surface area contributed by atoms with E-state index in [0.29, 0.717) is 18.4 Å². The van der Waals surface area contributed by atoms with Crippen molar-refractivity contribution in [3.8, 4) is 0 Å². The first kappa shape index (κ1) is 15.4. The van der Waals surface area contributed by atoms with E-state index in [0.717, 1.165) is 8.04 Å². The zero-order valence-corrected chi connectivity index (χ0v) is 13.5. The fraction of sp³-hybridized carbons (Fsp3) is 0.333. The van der Waals surface area contributed by atoms with Gasteiger partial charge in [0.05, 0.1) is 5.56 Å². The van der Waals surface area contributed by atoms with E-state index in [1.807, 2.05) is 35.6 Å². The van der Waals surface area contributed by atoms with Crippen molar-refractivity contribution in [2.24, 2.45) is 0 Å². The first-order chi connectivity index (χ1) is 8.45. The maximum atomic E-state index is 12.0. The smallest absolute Gasteiger partial charge is 0.326 e. The van der Waals surface area contributed by atoms with E-state index in [4.69, 9.17) is 5.11 Å². The second-order valence-corrected chi connectivity index (χ2v) is 5.85. The summed E-state index contributed by atoms with van der Waals surface area (Å²) in [4.78, 5) is 23.0. The van der Waals surface area contributed by atoms with E-state index < -0.39 is 12.0 Å². The third-order valence-corrected chi connectivity index (χ3v) is 3.79. The van der Waals surface area contributed by atoms with Crippen molar-refractivity contribution in [2.45, 2.75) is 25.8 Å². The van der Waals surface area contributed by atoms with Crippen molar-refractivity contribution < 1.29 is 14.7 Å². The van der Waals surface area contributed by atoms with Crippen LogP contribution in [0.4, 0.5) is 0 Å². The SMILES string of the molecule is CCCC(NC(=O)c1cc(Br)ccc1I)C(=O)O. The molecule has 0 aliphatic rings. The topological polar surface area (TPSA) is 66.4 Å². The molecule has 1 aromatic carbocycles. The fourth-order valence-corrected chi connectivity index (χ4v) is 2.40. The normalized spacial score (nSPS) is 11.9. The van der Waals surface area contributed by atoms with Gasteiger partial charge in [-0.3, -0.25) is 4.79 Å². The Kier molecular flexibility index (Phi) is 6.07. The Labute approximate surface area is 127 Å². The number of hydrogen-bond acceptors (Lipinski definition) is 2. The molecule has 1 unspecified atom stereocenters. The molecular weight excluding hydrogens is 413 g/mol. The third-order valence-electron chi connectivity index (χ3n) is 2.35. The first-order valence-electron chi connectivity index (χ1n) is 5.44. The summed E-state index contributed by atoms with van der Waals surface area (Å²) < 4.78 is 1.57. The first-order valence-corrected chi connectivity index (χ1v) is 7.31. The van der Waals surface area contributed by atoms with Gasteiger partial charge in [0, 0.05) is 8.04 Å². The largest absolute Gasteiger partial charge is 0.480 e. The van der Waals surface area contributed by atoms with Crippen LogP contribution < -0.4 is 5.32 Å². The number of benzene rings is 1. The Morgan fingerprint density at radius 3 is 2.72 bits per heavy atom. The van der Waals surface area contributed by atoms with E-state index in [1.54, 1.807) is 12.1 Å². The number of amides is 1. The summed E-state index contributed by atoms with van der Waals surface area (Å²) >= 11 is 5.34. The molecule has 98 valence electrons. The molecule has 0 fully saturated rings. The van der Waals surface area contributed by atoms with Crippen LogP contribution in [0.3, 0.4) is 0 Å². The standard InChI is InChI=1S/C12H13BrINO3/c1-2-3-10(12(17)18)15-11(16)8-6-7(13)4-5-9(8)14/h4-6,10H,2-3H2,1H3,(H,15,16)(H,17,18). The lowest BCUT2D eigenvalue weighted by molar-refractivity contribution is -0.139. The molecule has 0 radical (unpaired) electrons. The number of nitrogens with one attached hydrogen (secondary N) is 1. The molecule has 0 aliphatic heterocycles. The number of hydrogen-bond donors (Lipinski definition) is 2. The van der Waals surface area contributed by atoms with Gasteiger partial charge in [-0.15, -0.1) is 0 Å². The van der Waals surface area contributed by atoms with Gasteiger partial charge >= 0.3 is 5.97 Å². The summed E-state index contributed by atoms with van der Waals surface area (Å²) in [5, 5.41) is 11.5. The Balaban J connectivity index is 2.86. The number of rotatable bonds is 5. The lowest BCUT2D eigenvalue weighted by Gasteiger charge is -2.14. The highest BCUT2D eigenvalue weighted by Gasteiger charge is 2.20. The minimum Gasteiger partial charge on any atom is -0.480 e. The molecule has 1 rings (SSSR count). The summed E-state index contributed by atoms with van der Waals surface area (Å²) in [6.45, 7) is 1.88. The molecular formula is C12H13BrINO3. The van der Waals surface area contributed by atoms with E-state index in [9.17, 15) is 9.59 Å². The molecule has 0 saturated heterocycles. The average Bonchev–Trinajstić information content (AvgIpc) is 2.31. The van der Waals surface area contributed by atoms with Crippen LogP contribution in [0.2, 0.25) is 0 Å². The molecule has 0 saturated carbocycles. The molecule has 0 aromatic heterocycles. The fourth-order valence-electron chi connectivity index (χ4n) is 1.45. The lowest BCUT2D eigenvalue weighted by Crippen LogP contribution is -2.40. The van der Waals surface area contributed by atoms with Gasteiger partial charge in [-0.05, 0) is 47.2 Å². The minimum atomic E-state index is -1.00. The number of aliphatic carboxylic acids is 1. The van der Waals surface area contributed by atoms with Gasteiger partial charge in [0.1, 0.15) is 6.04 Å². The van der Waals surface area contributed by atoms with E-state index in [2.05, 4.69) is 21.2 Å². The highest BCUT2D eigenvalue weighted by atomic mass is 127. The Morgan fingerprint density at radius 2 is 2.17 bits per heavy atom. The highest BCUT2D eigenvalue weighted by Crippen LogP contribution is 2.18. The number of carbonyl (C=O) groups excluding carboxylic acids is 1. The van der Waals surface area contributed by atoms with Crippen molar-refractivity contribution in [3.05, 3.63) is 31.8 Å². The minimum absolute atomic E-state index is 0.360. The van der Waals surface area contributed by atoms with Crippen LogP contribution in [0, 0.1) is 3.57 Å². The molecule has 2 N–H and O–H groups in total. The van der Waals surface area contributed by atoms with Crippen LogP contribution in [-0.2, 0) is 4.79 Å². The quantitative estimate of drug-likeness (QED) is 0.712. The lowest BCUT2D eigenvalue weighted by atomic mass is 10.1. The summed E-state index contributed by atoms with van der Waals surface area (Å²) in [7, 11) is 0. The third kappa shape index (κ3) is 4.24. The molecule has 18 heavy (non-hydrogen) atoms. The zero-order valence-electron chi connectivity index (χ0n) is 9.74. The molecule has 1 aromatic rings. The van der Waals surface area contributed by atoms with Gasteiger partial charge in [0.15, 0.2) is 0 Å². The van der Waals surface area contributed by atoms with Gasteiger partial charge in [-0.25, -0.2) is 4.79 Å². The average molecular weight is 426 g/mol. The van der Waals surface area contributed by atoms with Crippen LogP contribution in [0.15, 0.2) is 22.7 Å². The van der Waals surface area contributed by atoms with Gasteiger partial charge in [0.25, 0.3) is 5.91 Å². The van der Waals surface area contributed by atoms with E-state index >= 15 is 0 Å². The summed E-state index contributed by atoms with van der Waals surface area (Å²) in [5.41, 5.74) is 0.479. The number of carboxylic acid groups (broad SMARTS) is 1. The van der Waals surface area contributed by atoms with Crippen LogP contribution in [0.1, 0.15) is 30.1 Å². The number of carbonyl (C=O) groups is 2. The van der Waals surface area contributed by atoms with Crippen molar-refractivity contribution >= 4 is 50.4 Å². The maximum absolute atomic E-state index is 12.0. The summed E-state index contributed by atoms with van der Waals surface area (Å²) in [6.07, 6.45) is 1.12. The summed E-state index contributed by atoms with van der Waals surface area (Å²) in [6, 6.07) is 4.48. The molecule has 0 heterocycles. The molecule has 0 bridgehead atoms. The second kappa shape index (κ2) is 7.08. The summed E-state index contributed by atoms with van der Waals surface area (Å²) in [5.74, 6) is -1.36. The predicted octanol–water partition coefficient (Wildman–Crippen LogP) is 3.04. The van der Waals surface area contributed by atoms with Crippen LogP contribution in [0.25, 0.3) is 0 Å². The van der Waals surface area contributed by atoms with Crippen molar-refractivity contribution in [2.75, 3.05) is 0 Å².